The minimum Gasteiger partial charge on any atom is -0.372 e. The van der Waals surface area contributed by atoms with Crippen LogP contribution in [0.3, 0.4) is 0 Å². The summed E-state index contributed by atoms with van der Waals surface area (Å²) in [5.74, 6) is 0.758. The normalized spacial score (nSPS) is 21.5. The third-order valence-corrected chi connectivity index (χ3v) is 2.58. The number of ether oxygens (including phenoxy) is 1. The first-order valence-corrected chi connectivity index (χ1v) is 5.52. The van der Waals surface area contributed by atoms with Gasteiger partial charge in [0.05, 0.1) is 6.61 Å². The molecule has 0 spiro atoms. The van der Waals surface area contributed by atoms with Crippen molar-refractivity contribution in [1.82, 2.24) is 15.3 Å². The molecule has 0 saturated carbocycles. The van der Waals surface area contributed by atoms with Gasteiger partial charge in [0.2, 0.25) is 0 Å². The molecule has 1 atom stereocenters. The minimum absolute atomic E-state index is 0.513. The van der Waals surface area contributed by atoms with E-state index in [1.54, 1.807) is 12.4 Å². The molecule has 0 amide bonds. The van der Waals surface area contributed by atoms with E-state index in [2.05, 4.69) is 15.3 Å². The summed E-state index contributed by atoms with van der Waals surface area (Å²) in [6.45, 7) is 2.40. The molecule has 2 rings (SSSR count). The third-order valence-electron chi connectivity index (χ3n) is 2.58. The van der Waals surface area contributed by atoms with Crippen molar-refractivity contribution in [2.24, 2.45) is 0 Å². The fourth-order valence-corrected chi connectivity index (χ4v) is 1.76. The molecule has 1 N–H and O–H groups in total. The Morgan fingerprint density at radius 1 is 1.33 bits per heavy atom. The highest BCUT2D eigenvalue weighted by molar-refractivity contribution is 4.86. The van der Waals surface area contributed by atoms with E-state index in [4.69, 9.17) is 4.74 Å². The van der Waals surface area contributed by atoms with Gasteiger partial charge in [-0.3, -0.25) is 0 Å². The number of hydrogen-bond acceptors (Lipinski definition) is 4. The monoisotopic (exact) mass is 207 g/mol. The van der Waals surface area contributed by atoms with Gasteiger partial charge in [0.25, 0.3) is 0 Å². The molecule has 2 heterocycles. The van der Waals surface area contributed by atoms with Gasteiger partial charge in [-0.25, -0.2) is 9.97 Å². The molecule has 1 aromatic rings. The van der Waals surface area contributed by atoms with Crippen molar-refractivity contribution in [1.29, 1.82) is 0 Å². The predicted octanol–water partition coefficient (Wildman–Crippen LogP) is 1.14. The molecule has 1 unspecified atom stereocenters. The van der Waals surface area contributed by atoms with E-state index < -0.39 is 0 Å². The zero-order valence-electron chi connectivity index (χ0n) is 8.85. The average Bonchev–Trinajstić information content (AvgIpc) is 2.32. The van der Waals surface area contributed by atoms with Gasteiger partial charge in [0, 0.05) is 18.4 Å². The number of piperidine rings is 1. The second kappa shape index (κ2) is 5.78. The van der Waals surface area contributed by atoms with E-state index in [1.165, 1.54) is 19.3 Å². The quantitative estimate of drug-likeness (QED) is 0.804. The van der Waals surface area contributed by atoms with Crippen molar-refractivity contribution in [2.45, 2.75) is 31.9 Å². The molecule has 0 aromatic carbocycles. The SMILES string of the molecule is c1cnc(COCC2CCCCN2)nc1. The molecule has 1 aliphatic rings. The molecule has 82 valence electrons. The van der Waals surface area contributed by atoms with Gasteiger partial charge in [-0.1, -0.05) is 6.42 Å². The fraction of sp³-hybridized carbons (Fsp3) is 0.636. The summed E-state index contributed by atoms with van der Waals surface area (Å²) in [7, 11) is 0. The molecule has 1 fully saturated rings. The number of rotatable bonds is 4. The Morgan fingerprint density at radius 2 is 2.20 bits per heavy atom. The van der Waals surface area contributed by atoms with E-state index in [1.807, 2.05) is 6.07 Å². The van der Waals surface area contributed by atoms with E-state index in [-0.39, 0.29) is 0 Å². The summed E-state index contributed by atoms with van der Waals surface area (Å²) in [6, 6.07) is 2.33. The Balaban J connectivity index is 1.66. The van der Waals surface area contributed by atoms with Crippen LogP contribution in [0.4, 0.5) is 0 Å². The predicted molar refractivity (Wildman–Crippen MR) is 57.3 cm³/mol. The van der Waals surface area contributed by atoms with Crippen LogP contribution in [0.15, 0.2) is 18.5 Å². The highest BCUT2D eigenvalue weighted by Gasteiger charge is 2.12. The third kappa shape index (κ3) is 3.57. The smallest absolute Gasteiger partial charge is 0.153 e. The van der Waals surface area contributed by atoms with E-state index >= 15 is 0 Å². The lowest BCUT2D eigenvalue weighted by Crippen LogP contribution is -2.37. The van der Waals surface area contributed by atoms with Crippen LogP contribution >= 0.6 is 0 Å². The summed E-state index contributed by atoms with van der Waals surface area (Å²) in [4.78, 5) is 8.21. The van der Waals surface area contributed by atoms with Gasteiger partial charge >= 0.3 is 0 Å². The van der Waals surface area contributed by atoms with Crippen molar-refractivity contribution >= 4 is 0 Å². The van der Waals surface area contributed by atoms with Crippen LogP contribution in [0.25, 0.3) is 0 Å². The summed E-state index contributed by atoms with van der Waals surface area (Å²) in [5.41, 5.74) is 0. The Hall–Kier alpha value is -1.00. The van der Waals surface area contributed by atoms with E-state index in [0.29, 0.717) is 12.6 Å². The molecule has 1 aliphatic heterocycles. The summed E-state index contributed by atoms with van der Waals surface area (Å²) in [6.07, 6.45) is 7.30. The fourth-order valence-electron chi connectivity index (χ4n) is 1.76. The number of nitrogens with zero attached hydrogens (tertiary/aromatic N) is 2. The highest BCUT2D eigenvalue weighted by Crippen LogP contribution is 2.07. The van der Waals surface area contributed by atoms with Crippen LogP contribution in [-0.2, 0) is 11.3 Å². The van der Waals surface area contributed by atoms with Crippen LogP contribution in [0.5, 0.6) is 0 Å². The maximum absolute atomic E-state index is 5.57. The molecular weight excluding hydrogens is 190 g/mol. The first kappa shape index (κ1) is 10.5. The molecule has 4 heteroatoms. The van der Waals surface area contributed by atoms with Gasteiger partial charge in [0.15, 0.2) is 5.82 Å². The van der Waals surface area contributed by atoms with Gasteiger partial charge in [-0.05, 0) is 25.5 Å². The van der Waals surface area contributed by atoms with Gasteiger partial charge in [-0.15, -0.1) is 0 Å². The van der Waals surface area contributed by atoms with Crippen LogP contribution in [0, 0.1) is 0 Å². The zero-order chi connectivity index (χ0) is 10.3. The first-order chi connectivity index (χ1) is 7.45. The van der Waals surface area contributed by atoms with Crippen molar-refractivity contribution in [3.63, 3.8) is 0 Å². The Bertz CT molecular complexity index is 272. The molecule has 4 nitrogen and oxygen atoms in total. The molecule has 15 heavy (non-hydrogen) atoms. The molecular formula is C11H17N3O. The van der Waals surface area contributed by atoms with E-state index in [0.717, 1.165) is 19.0 Å². The molecule has 1 aromatic heterocycles. The molecule has 0 radical (unpaired) electrons. The zero-order valence-corrected chi connectivity index (χ0v) is 8.85. The number of nitrogens with one attached hydrogen (secondary N) is 1. The van der Waals surface area contributed by atoms with E-state index in [9.17, 15) is 0 Å². The Kier molecular flexibility index (Phi) is 4.05. The van der Waals surface area contributed by atoms with Gasteiger partial charge in [-0.2, -0.15) is 0 Å². The van der Waals surface area contributed by atoms with Crippen molar-refractivity contribution in [3.8, 4) is 0 Å². The topological polar surface area (TPSA) is 47.0 Å². The van der Waals surface area contributed by atoms with Crippen LogP contribution in [-0.4, -0.2) is 29.2 Å². The standard InChI is InChI=1S/C11H17N3O/c1-2-5-12-10(4-1)8-15-9-11-13-6-3-7-14-11/h3,6-7,10,12H,1-2,4-5,8-9H2. The van der Waals surface area contributed by atoms with Gasteiger partial charge in [0.1, 0.15) is 6.61 Å². The van der Waals surface area contributed by atoms with Gasteiger partial charge < -0.3 is 10.1 Å². The summed E-state index contributed by atoms with van der Waals surface area (Å²) >= 11 is 0. The lowest BCUT2D eigenvalue weighted by atomic mass is 10.1. The average molecular weight is 207 g/mol. The molecule has 1 saturated heterocycles. The van der Waals surface area contributed by atoms with Crippen LogP contribution in [0.2, 0.25) is 0 Å². The van der Waals surface area contributed by atoms with Crippen molar-refractivity contribution < 1.29 is 4.74 Å². The maximum atomic E-state index is 5.57. The maximum Gasteiger partial charge on any atom is 0.153 e. The Labute approximate surface area is 90.1 Å². The highest BCUT2D eigenvalue weighted by atomic mass is 16.5. The Morgan fingerprint density at radius 3 is 2.93 bits per heavy atom. The van der Waals surface area contributed by atoms with Crippen molar-refractivity contribution in [2.75, 3.05) is 13.2 Å². The van der Waals surface area contributed by atoms with Crippen molar-refractivity contribution in [3.05, 3.63) is 24.3 Å². The summed E-state index contributed by atoms with van der Waals surface area (Å²) in [5, 5.41) is 3.44. The largest absolute Gasteiger partial charge is 0.372 e. The second-order valence-corrected chi connectivity index (χ2v) is 3.83. The van der Waals surface area contributed by atoms with Crippen LogP contribution in [0.1, 0.15) is 25.1 Å². The number of hydrogen-bond donors (Lipinski definition) is 1. The molecule has 0 bridgehead atoms. The first-order valence-electron chi connectivity index (χ1n) is 5.52. The number of aromatic nitrogens is 2. The summed E-state index contributed by atoms with van der Waals surface area (Å²) < 4.78 is 5.57. The minimum atomic E-state index is 0.513. The second-order valence-electron chi connectivity index (χ2n) is 3.83. The molecule has 0 aliphatic carbocycles. The van der Waals surface area contributed by atoms with Crippen LogP contribution < -0.4 is 5.32 Å². The lowest BCUT2D eigenvalue weighted by Gasteiger charge is -2.22. The lowest BCUT2D eigenvalue weighted by molar-refractivity contribution is 0.0867.